The highest BCUT2D eigenvalue weighted by Crippen LogP contribution is 2.36. The Morgan fingerprint density at radius 1 is 1.07 bits per heavy atom. The number of carbonyl (C=O) groups is 2. The molecule has 29 heavy (non-hydrogen) atoms. The fourth-order valence-electron chi connectivity index (χ4n) is 2.32. The van der Waals surface area contributed by atoms with Crippen molar-refractivity contribution in [2.75, 3.05) is 10.6 Å². The molecule has 0 radical (unpaired) electrons. The number of carbonyl (C=O) groups excluding carboxylic acids is 2. The van der Waals surface area contributed by atoms with Crippen molar-refractivity contribution >= 4 is 45.2 Å². The van der Waals surface area contributed by atoms with Crippen molar-refractivity contribution in [3.63, 3.8) is 0 Å². The molecule has 0 aliphatic carbocycles. The minimum atomic E-state index is -4.76. The molecule has 0 bridgehead atoms. The molecule has 0 atom stereocenters. The Morgan fingerprint density at radius 2 is 1.86 bits per heavy atom. The zero-order valence-corrected chi connectivity index (χ0v) is 16.0. The van der Waals surface area contributed by atoms with Gasteiger partial charge in [0.05, 0.1) is 17.5 Å². The van der Waals surface area contributed by atoms with Gasteiger partial charge in [-0.1, -0.05) is 0 Å². The summed E-state index contributed by atoms with van der Waals surface area (Å²) in [6.45, 7) is 0. The third-order valence-electron chi connectivity index (χ3n) is 3.58. The maximum Gasteiger partial charge on any atom is 0.418 e. The summed E-state index contributed by atoms with van der Waals surface area (Å²) in [4.78, 5) is 23.9. The number of benzene rings is 1. The molecule has 0 saturated heterocycles. The highest BCUT2D eigenvalue weighted by atomic mass is 79.9. The maximum absolute atomic E-state index is 13.4. The smallest absolute Gasteiger partial charge is 0.418 e. The van der Waals surface area contributed by atoms with Crippen LogP contribution in [0, 0.1) is 0 Å². The molecule has 2 N–H and O–H groups in total. The van der Waals surface area contributed by atoms with Crippen LogP contribution in [-0.4, -0.2) is 11.8 Å². The van der Waals surface area contributed by atoms with Gasteiger partial charge in [-0.05, 0) is 64.5 Å². The lowest BCUT2D eigenvalue weighted by Gasteiger charge is -2.15. The molecule has 6 nitrogen and oxygen atoms in total. The van der Waals surface area contributed by atoms with Gasteiger partial charge >= 0.3 is 6.18 Å². The predicted molar refractivity (Wildman–Crippen MR) is 102 cm³/mol. The molecule has 2 aromatic heterocycles. The summed E-state index contributed by atoms with van der Waals surface area (Å²) in [5.74, 6) is -1.19. The SMILES string of the molecule is O=C(/C=C/c1ccc(Br)o1)Nc1ccc(NC(=O)c2ccco2)cc1C(F)(F)F. The summed E-state index contributed by atoms with van der Waals surface area (Å²) >= 11 is 3.10. The van der Waals surface area contributed by atoms with E-state index in [0.29, 0.717) is 10.4 Å². The Labute approximate surface area is 170 Å². The van der Waals surface area contributed by atoms with Crippen molar-refractivity contribution < 1.29 is 31.6 Å². The summed E-state index contributed by atoms with van der Waals surface area (Å²) < 4.78 is 50.8. The number of anilines is 2. The first-order valence-corrected chi connectivity index (χ1v) is 8.82. The molecule has 3 rings (SSSR count). The standard InChI is InChI=1S/C19H12BrF3N2O4/c20-16-7-4-12(29-16)5-8-17(26)25-14-6-3-11(10-13(14)19(21,22)23)24-18(27)15-2-1-9-28-15/h1-10H,(H,24,27)(H,25,26)/b8-5+. The van der Waals surface area contributed by atoms with Crippen LogP contribution in [0.4, 0.5) is 24.5 Å². The molecule has 0 aliphatic rings. The lowest BCUT2D eigenvalue weighted by molar-refractivity contribution is -0.136. The molecular formula is C19H12BrF3N2O4. The van der Waals surface area contributed by atoms with Gasteiger partial charge in [0.2, 0.25) is 5.91 Å². The molecule has 0 saturated carbocycles. The largest absolute Gasteiger partial charge is 0.459 e. The lowest BCUT2D eigenvalue weighted by atomic mass is 10.1. The summed E-state index contributed by atoms with van der Waals surface area (Å²) in [7, 11) is 0. The molecule has 10 heteroatoms. The van der Waals surface area contributed by atoms with Crippen LogP contribution < -0.4 is 10.6 Å². The van der Waals surface area contributed by atoms with Crippen molar-refractivity contribution in [2.24, 2.45) is 0 Å². The molecule has 1 aromatic carbocycles. The summed E-state index contributed by atoms with van der Waals surface area (Å²) in [6, 6.07) is 9.04. The second-order valence-electron chi connectivity index (χ2n) is 5.65. The Bertz CT molecular complexity index is 1060. The Hall–Kier alpha value is -3.27. The zero-order valence-electron chi connectivity index (χ0n) is 14.4. The summed E-state index contributed by atoms with van der Waals surface area (Å²) in [5, 5.41) is 4.48. The number of amides is 2. The van der Waals surface area contributed by atoms with E-state index in [2.05, 4.69) is 26.6 Å². The number of furan rings is 2. The Morgan fingerprint density at radius 3 is 2.48 bits per heavy atom. The van der Waals surface area contributed by atoms with E-state index in [1.54, 1.807) is 12.1 Å². The number of alkyl halides is 3. The van der Waals surface area contributed by atoms with Crippen molar-refractivity contribution in [1.29, 1.82) is 0 Å². The first kappa shape index (κ1) is 20.5. The number of rotatable bonds is 5. The van der Waals surface area contributed by atoms with Gasteiger partial charge in [-0.15, -0.1) is 0 Å². The third-order valence-corrected chi connectivity index (χ3v) is 4.00. The van der Waals surface area contributed by atoms with E-state index in [0.717, 1.165) is 18.2 Å². The zero-order chi connectivity index (χ0) is 21.0. The molecule has 0 spiro atoms. The predicted octanol–water partition coefficient (Wildman–Crippen LogP) is 5.56. The van der Waals surface area contributed by atoms with Gasteiger partial charge < -0.3 is 19.5 Å². The average molecular weight is 469 g/mol. The molecular weight excluding hydrogens is 457 g/mol. The van der Waals surface area contributed by atoms with E-state index in [9.17, 15) is 22.8 Å². The Balaban J connectivity index is 1.78. The molecule has 2 heterocycles. The van der Waals surface area contributed by atoms with Gasteiger partial charge in [0.25, 0.3) is 5.91 Å². The van der Waals surface area contributed by atoms with Gasteiger partial charge in [-0.25, -0.2) is 0 Å². The van der Waals surface area contributed by atoms with Crippen LogP contribution in [0.2, 0.25) is 0 Å². The second-order valence-corrected chi connectivity index (χ2v) is 6.44. The number of nitrogens with one attached hydrogen (secondary N) is 2. The van der Waals surface area contributed by atoms with Crippen molar-refractivity contribution in [2.45, 2.75) is 6.18 Å². The average Bonchev–Trinajstić information content (AvgIpc) is 3.32. The molecule has 150 valence electrons. The van der Waals surface area contributed by atoms with Crippen LogP contribution in [0.15, 0.2) is 68.3 Å². The fourth-order valence-corrected chi connectivity index (χ4v) is 2.64. The van der Waals surface area contributed by atoms with E-state index >= 15 is 0 Å². The van der Waals surface area contributed by atoms with Gasteiger partial charge in [-0.3, -0.25) is 9.59 Å². The normalized spacial score (nSPS) is 11.6. The van der Waals surface area contributed by atoms with Crippen molar-refractivity contribution in [3.05, 3.63) is 76.6 Å². The minimum absolute atomic E-state index is 0.0503. The highest BCUT2D eigenvalue weighted by molar-refractivity contribution is 9.10. The fraction of sp³-hybridized carbons (Fsp3) is 0.0526. The second kappa shape index (κ2) is 8.39. The van der Waals surface area contributed by atoms with Gasteiger partial charge in [0.15, 0.2) is 10.4 Å². The Kier molecular flexibility index (Phi) is 5.92. The molecule has 2 amide bonds. The van der Waals surface area contributed by atoms with Crippen molar-refractivity contribution in [1.82, 2.24) is 0 Å². The van der Waals surface area contributed by atoms with E-state index in [1.807, 2.05) is 0 Å². The summed E-state index contributed by atoms with van der Waals surface area (Å²) in [5.41, 5.74) is -1.67. The van der Waals surface area contributed by atoms with Crippen LogP contribution >= 0.6 is 15.9 Å². The quantitative estimate of drug-likeness (QED) is 0.480. The van der Waals surface area contributed by atoms with E-state index in [1.165, 1.54) is 30.5 Å². The van der Waals surface area contributed by atoms with Crippen LogP contribution in [0.3, 0.4) is 0 Å². The van der Waals surface area contributed by atoms with Crippen LogP contribution in [0.1, 0.15) is 21.9 Å². The highest BCUT2D eigenvalue weighted by Gasteiger charge is 2.34. The number of hydrogen-bond acceptors (Lipinski definition) is 4. The molecule has 0 fully saturated rings. The first-order chi connectivity index (χ1) is 13.7. The van der Waals surface area contributed by atoms with E-state index in [-0.39, 0.29) is 11.4 Å². The van der Waals surface area contributed by atoms with Crippen LogP contribution in [0.5, 0.6) is 0 Å². The summed E-state index contributed by atoms with van der Waals surface area (Å²) in [6.07, 6.45) is -1.14. The molecule has 0 aliphatic heterocycles. The minimum Gasteiger partial charge on any atom is -0.459 e. The van der Waals surface area contributed by atoms with Crippen LogP contribution in [-0.2, 0) is 11.0 Å². The van der Waals surface area contributed by atoms with Gasteiger partial charge in [0.1, 0.15) is 5.76 Å². The first-order valence-electron chi connectivity index (χ1n) is 8.03. The van der Waals surface area contributed by atoms with Crippen molar-refractivity contribution in [3.8, 4) is 0 Å². The number of halogens is 4. The van der Waals surface area contributed by atoms with Gasteiger partial charge in [0, 0.05) is 11.8 Å². The van der Waals surface area contributed by atoms with Gasteiger partial charge in [-0.2, -0.15) is 13.2 Å². The maximum atomic E-state index is 13.4. The lowest BCUT2D eigenvalue weighted by Crippen LogP contribution is -2.16. The van der Waals surface area contributed by atoms with E-state index in [4.69, 9.17) is 8.83 Å². The van der Waals surface area contributed by atoms with Crippen LogP contribution in [0.25, 0.3) is 6.08 Å². The third kappa shape index (κ3) is 5.38. The number of hydrogen-bond donors (Lipinski definition) is 2. The molecule has 3 aromatic rings. The van der Waals surface area contributed by atoms with E-state index < -0.39 is 29.2 Å². The topological polar surface area (TPSA) is 84.5 Å². The monoisotopic (exact) mass is 468 g/mol. The molecule has 0 unspecified atom stereocenters.